The number of hydrogen-bond acceptors (Lipinski definition) is 3. The van der Waals surface area contributed by atoms with Crippen LogP contribution in [0.5, 0.6) is 0 Å². The fraction of sp³-hybridized carbons (Fsp3) is 0.364. The van der Waals surface area contributed by atoms with E-state index < -0.39 is 6.04 Å². The molecule has 0 aliphatic carbocycles. The molecule has 18 heavy (non-hydrogen) atoms. The lowest BCUT2D eigenvalue weighted by Gasteiger charge is -2.14. The Morgan fingerprint density at radius 2 is 1.94 bits per heavy atom. The normalized spacial score (nSPS) is 12.3. The molecule has 0 saturated carbocycles. The van der Waals surface area contributed by atoms with Crippen LogP contribution in [0.2, 0.25) is 15.1 Å². The highest BCUT2D eigenvalue weighted by Crippen LogP contribution is 2.33. The largest absolute Gasteiger partial charge is 0.385 e. The molecule has 7 heteroatoms. The number of anilines is 1. The third-order valence-corrected chi connectivity index (χ3v) is 3.04. The second-order valence-electron chi connectivity index (χ2n) is 3.62. The van der Waals surface area contributed by atoms with Crippen molar-refractivity contribution in [2.45, 2.75) is 12.5 Å². The van der Waals surface area contributed by atoms with E-state index in [2.05, 4.69) is 5.32 Å². The zero-order chi connectivity index (χ0) is 13.7. The second kappa shape index (κ2) is 7.16. The number of nitrogens with two attached hydrogens (primary N) is 1. The van der Waals surface area contributed by atoms with Gasteiger partial charge >= 0.3 is 0 Å². The number of halogens is 3. The number of carbonyl (C=O) groups is 1. The van der Waals surface area contributed by atoms with Crippen LogP contribution < -0.4 is 11.1 Å². The summed E-state index contributed by atoms with van der Waals surface area (Å²) >= 11 is 17.6. The number of hydrogen-bond donors (Lipinski definition) is 2. The van der Waals surface area contributed by atoms with Crippen LogP contribution in [-0.2, 0) is 9.53 Å². The van der Waals surface area contributed by atoms with Gasteiger partial charge in [0, 0.05) is 18.7 Å². The summed E-state index contributed by atoms with van der Waals surface area (Å²) in [5.41, 5.74) is 5.98. The molecule has 1 aromatic carbocycles. The van der Waals surface area contributed by atoms with Crippen molar-refractivity contribution in [2.24, 2.45) is 5.73 Å². The quantitative estimate of drug-likeness (QED) is 0.878. The van der Waals surface area contributed by atoms with Gasteiger partial charge in [-0.05, 0) is 18.6 Å². The lowest BCUT2D eigenvalue weighted by atomic mass is 10.2. The van der Waals surface area contributed by atoms with Gasteiger partial charge in [0.15, 0.2) is 0 Å². The van der Waals surface area contributed by atoms with E-state index in [0.717, 1.165) is 0 Å². The maximum atomic E-state index is 11.8. The fourth-order valence-electron chi connectivity index (χ4n) is 1.25. The highest BCUT2D eigenvalue weighted by Gasteiger charge is 2.16. The van der Waals surface area contributed by atoms with E-state index in [1.165, 1.54) is 19.2 Å². The Balaban J connectivity index is 2.76. The first-order chi connectivity index (χ1) is 8.45. The standard InChI is InChI=1S/C11H13Cl3N2O2/c1-18-3-2-9(15)11(17)16-10-7(13)4-6(12)5-8(10)14/h4-5,9H,2-3,15H2,1H3,(H,16,17). The number of rotatable bonds is 5. The summed E-state index contributed by atoms with van der Waals surface area (Å²) in [7, 11) is 1.54. The van der Waals surface area contributed by atoms with Crippen LogP contribution in [0.4, 0.5) is 5.69 Å². The van der Waals surface area contributed by atoms with Gasteiger partial charge in [0.05, 0.1) is 21.8 Å². The fourth-order valence-corrected chi connectivity index (χ4v) is 2.16. The molecule has 0 aromatic heterocycles. The van der Waals surface area contributed by atoms with Crippen molar-refractivity contribution >= 4 is 46.4 Å². The smallest absolute Gasteiger partial charge is 0.241 e. The van der Waals surface area contributed by atoms with Gasteiger partial charge in [-0.15, -0.1) is 0 Å². The lowest BCUT2D eigenvalue weighted by Crippen LogP contribution is -2.36. The molecule has 0 fully saturated rings. The van der Waals surface area contributed by atoms with Gasteiger partial charge in [0.25, 0.3) is 0 Å². The Morgan fingerprint density at radius 1 is 1.39 bits per heavy atom. The molecule has 4 nitrogen and oxygen atoms in total. The molecule has 1 amide bonds. The van der Waals surface area contributed by atoms with Crippen molar-refractivity contribution in [3.63, 3.8) is 0 Å². The van der Waals surface area contributed by atoms with Crippen LogP contribution in [0.3, 0.4) is 0 Å². The molecule has 0 heterocycles. The van der Waals surface area contributed by atoms with Crippen molar-refractivity contribution < 1.29 is 9.53 Å². The number of nitrogens with one attached hydrogen (secondary N) is 1. The predicted octanol–water partition coefficient (Wildman–Crippen LogP) is 2.95. The summed E-state index contributed by atoms with van der Waals surface area (Å²) in [5, 5.41) is 3.49. The SMILES string of the molecule is COCCC(N)C(=O)Nc1c(Cl)cc(Cl)cc1Cl. The summed E-state index contributed by atoms with van der Waals surface area (Å²) in [5.74, 6) is -0.377. The Labute approximate surface area is 120 Å². The van der Waals surface area contributed by atoms with Crippen LogP contribution in [0.15, 0.2) is 12.1 Å². The molecule has 3 N–H and O–H groups in total. The Kier molecular flexibility index (Phi) is 6.18. The highest BCUT2D eigenvalue weighted by molar-refractivity contribution is 6.42. The number of methoxy groups -OCH3 is 1. The minimum absolute atomic E-state index is 0.264. The molecular formula is C11H13Cl3N2O2. The molecular weight excluding hydrogens is 298 g/mol. The molecule has 1 aromatic rings. The summed E-state index contributed by atoms with van der Waals surface area (Å²) in [6, 6.07) is 2.30. The molecule has 100 valence electrons. The van der Waals surface area contributed by atoms with Gasteiger partial charge in [-0.3, -0.25) is 4.79 Å². The van der Waals surface area contributed by atoms with Crippen LogP contribution >= 0.6 is 34.8 Å². The summed E-state index contributed by atoms with van der Waals surface area (Å²) < 4.78 is 4.85. The average Bonchev–Trinajstić information content (AvgIpc) is 2.30. The van der Waals surface area contributed by atoms with Crippen molar-refractivity contribution in [1.82, 2.24) is 0 Å². The van der Waals surface area contributed by atoms with Gasteiger partial charge in [-0.2, -0.15) is 0 Å². The minimum Gasteiger partial charge on any atom is -0.385 e. The van der Waals surface area contributed by atoms with Gasteiger partial charge in [0.1, 0.15) is 0 Å². The predicted molar refractivity (Wildman–Crippen MR) is 74.6 cm³/mol. The number of ether oxygens (including phenoxy) is 1. The Morgan fingerprint density at radius 3 is 2.44 bits per heavy atom. The van der Waals surface area contributed by atoms with E-state index in [1.54, 1.807) is 0 Å². The lowest BCUT2D eigenvalue weighted by molar-refractivity contribution is -0.117. The van der Waals surface area contributed by atoms with Gasteiger partial charge in [0.2, 0.25) is 5.91 Å². The van der Waals surface area contributed by atoms with Crippen LogP contribution in [0, 0.1) is 0 Å². The van der Waals surface area contributed by atoms with Crippen molar-refractivity contribution in [1.29, 1.82) is 0 Å². The van der Waals surface area contributed by atoms with Crippen molar-refractivity contribution in [3.05, 3.63) is 27.2 Å². The number of benzene rings is 1. The van der Waals surface area contributed by atoms with E-state index in [1.807, 2.05) is 0 Å². The first-order valence-corrected chi connectivity index (χ1v) is 6.29. The summed E-state index contributed by atoms with van der Waals surface area (Å²) in [6.07, 6.45) is 0.408. The van der Waals surface area contributed by atoms with Gasteiger partial charge < -0.3 is 15.8 Å². The van der Waals surface area contributed by atoms with Crippen LogP contribution in [-0.4, -0.2) is 25.7 Å². The van der Waals surface area contributed by atoms with E-state index >= 15 is 0 Å². The molecule has 0 radical (unpaired) electrons. The molecule has 0 spiro atoms. The Bertz CT molecular complexity index is 417. The van der Waals surface area contributed by atoms with E-state index in [-0.39, 0.29) is 16.0 Å². The Hall–Kier alpha value is -0.520. The van der Waals surface area contributed by atoms with Crippen molar-refractivity contribution in [3.8, 4) is 0 Å². The van der Waals surface area contributed by atoms with Gasteiger partial charge in [-0.1, -0.05) is 34.8 Å². The zero-order valence-electron chi connectivity index (χ0n) is 9.67. The zero-order valence-corrected chi connectivity index (χ0v) is 11.9. The second-order valence-corrected chi connectivity index (χ2v) is 4.87. The number of amides is 1. The van der Waals surface area contributed by atoms with E-state index in [9.17, 15) is 4.79 Å². The third kappa shape index (κ3) is 4.30. The van der Waals surface area contributed by atoms with E-state index in [4.69, 9.17) is 45.3 Å². The first-order valence-electron chi connectivity index (χ1n) is 5.15. The topological polar surface area (TPSA) is 64.3 Å². The molecule has 0 aliphatic rings. The molecule has 0 saturated heterocycles. The average molecular weight is 312 g/mol. The third-order valence-electron chi connectivity index (χ3n) is 2.22. The molecule has 1 unspecified atom stereocenters. The molecule has 0 bridgehead atoms. The molecule has 1 atom stereocenters. The first kappa shape index (κ1) is 15.5. The monoisotopic (exact) mass is 310 g/mol. The van der Waals surface area contributed by atoms with Crippen LogP contribution in [0.1, 0.15) is 6.42 Å². The van der Waals surface area contributed by atoms with Crippen LogP contribution in [0.25, 0.3) is 0 Å². The minimum atomic E-state index is -0.687. The summed E-state index contributed by atoms with van der Waals surface area (Å²) in [4.78, 5) is 11.8. The number of carbonyl (C=O) groups excluding carboxylic acids is 1. The van der Waals surface area contributed by atoms with Crippen molar-refractivity contribution in [2.75, 3.05) is 19.0 Å². The highest BCUT2D eigenvalue weighted by atomic mass is 35.5. The van der Waals surface area contributed by atoms with E-state index in [0.29, 0.717) is 23.7 Å². The van der Waals surface area contributed by atoms with Gasteiger partial charge in [-0.25, -0.2) is 0 Å². The maximum Gasteiger partial charge on any atom is 0.241 e. The maximum absolute atomic E-state index is 11.8. The summed E-state index contributed by atoms with van der Waals surface area (Å²) in [6.45, 7) is 0.399. The molecule has 1 rings (SSSR count). The molecule has 0 aliphatic heterocycles.